The smallest absolute Gasteiger partial charge is 0.232 e. The molecule has 3 saturated heterocycles. The van der Waals surface area contributed by atoms with Gasteiger partial charge in [-0.05, 0) is 114 Å². The van der Waals surface area contributed by atoms with Gasteiger partial charge in [0.05, 0.1) is 0 Å². The summed E-state index contributed by atoms with van der Waals surface area (Å²) >= 11 is 0. The maximum Gasteiger partial charge on any atom is 0.232 e. The minimum atomic E-state index is 0.104. The van der Waals surface area contributed by atoms with Crippen LogP contribution >= 0.6 is 0 Å². The maximum atomic E-state index is 5.31. The largest absolute Gasteiger partial charge is 0.341 e. The van der Waals surface area contributed by atoms with E-state index in [1.807, 2.05) is 0 Å². The van der Waals surface area contributed by atoms with Crippen LogP contribution in [0.4, 0.5) is 17.8 Å². The van der Waals surface area contributed by atoms with Gasteiger partial charge < -0.3 is 14.7 Å². The van der Waals surface area contributed by atoms with Gasteiger partial charge in [-0.1, -0.05) is 13.3 Å². The number of hydrogen-bond acceptors (Lipinski definition) is 8. The van der Waals surface area contributed by atoms with Gasteiger partial charge in [-0.25, -0.2) is 0 Å². The maximum absolute atomic E-state index is 5.31. The third-order valence-corrected chi connectivity index (χ3v) is 10.9. The van der Waals surface area contributed by atoms with Gasteiger partial charge in [-0.3, -0.25) is 9.80 Å². The Balaban J connectivity index is 1.75. The molecule has 0 saturated carbocycles. The monoisotopic (exact) mass is 556 g/mol. The number of aromatic nitrogens is 3. The molecule has 0 bridgehead atoms. The first kappa shape index (κ1) is 31.3. The van der Waals surface area contributed by atoms with Gasteiger partial charge in [0.25, 0.3) is 0 Å². The SMILES string of the molecule is CCCCN(c1nc(N2CCCC2)nc(N(C)C2CC(C)(C)N(C)C(C)(C)C2)n1)C1CC(C)(C)N(C)C(C)(C)C1. The molecule has 3 aliphatic rings. The third-order valence-electron chi connectivity index (χ3n) is 10.9. The van der Waals surface area contributed by atoms with Crippen molar-refractivity contribution >= 4 is 17.8 Å². The van der Waals surface area contributed by atoms with E-state index >= 15 is 0 Å². The average molecular weight is 557 g/mol. The topological polar surface area (TPSA) is 54.9 Å². The molecule has 3 aliphatic heterocycles. The Morgan fingerprint density at radius 1 is 0.700 bits per heavy atom. The summed E-state index contributed by atoms with van der Waals surface area (Å²) in [4.78, 5) is 28.1. The molecule has 4 rings (SSSR count). The number of anilines is 3. The van der Waals surface area contributed by atoms with E-state index in [2.05, 4.69) is 108 Å². The number of piperidine rings is 2. The highest BCUT2D eigenvalue weighted by molar-refractivity contribution is 5.48. The van der Waals surface area contributed by atoms with Crippen molar-refractivity contribution in [1.82, 2.24) is 24.8 Å². The molecule has 4 heterocycles. The van der Waals surface area contributed by atoms with Gasteiger partial charge in [0.2, 0.25) is 17.8 Å². The van der Waals surface area contributed by atoms with E-state index in [4.69, 9.17) is 15.0 Å². The van der Waals surface area contributed by atoms with Gasteiger partial charge in [-0.15, -0.1) is 0 Å². The van der Waals surface area contributed by atoms with Crippen LogP contribution in [0.2, 0.25) is 0 Å². The molecule has 3 fully saturated rings. The number of nitrogens with zero attached hydrogens (tertiary/aromatic N) is 8. The van der Waals surface area contributed by atoms with Crippen molar-refractivity contribution in [1.29, 1.82) is 0 Å². The molecule has 0 amide bonds. The standard InChI is InChI=1S/C32H60N8/c1-13-14-19-40(25-22-31(6,7)38(12)32(8,9)23-25)28-34-26(33-27(35-28)39-17-15-16-18-39)36(10)24-20-29(2,3)37(11)30(4,5)21-24/h24-25H,13-23H2,1-12H3. The summed E-state index contributed by atoms with van der Waals surface area (Å²) in [5.74, 6) is 2.57. The molecule has 40 heavy (non-hydrogen) atoms. The van der Waals surface area contributed by atoms with Crippen molar-refractivity contribution < 1.29 is 0 Å². The van der Waals surface area contributed by atoms with Crippen LogP contribution in [0.25, 0.3) is 0 Å². The van der Waals surface area contributed by atoms with Crippen LogP contribution in [-0.2, 0) is 0 Å². The molecule has 228 valence electrons. The minimum absolute atomic E-state index is 0.104. The van der Waals surface area contributed by atoms with Gasteiger partial charge in [0.15, 0.2) is 0 Å². The second kappa shape index (κ2) is 11.2. The first-order valence-electron chi connectivity index (χ1n) is 16.0. The Bertz CT molecular complexity index is 976. The van der Waals surface area contributed by atoms with Crippen molar-refractivity contribution in [3.63, 3.8) is 0 Å². The Labute approximate surface area is 245 Å². The molecule has 1 aromatic rings. The molecule has 0 spiro atoms. The van der Waals surface area contributed by atoms with E-state index in [0.717, 1.165) is 76.0 Å². The van der Waals surface area contributed by atoms with Crippen molar-refractivity contribution in [2.24, 2.45) is 0 Å². The first-order valence-corrected chi connectivity index (χ1v) is 16.0. The van der Waals surface area contributed by atoms with Crippen LogP contribution in [0.5, 0.6) is 0 Å². The van der Waals surface area contributed by atoms with Crippen LogP contribution in [-0.4, -0.2) is 99.8 Å². The fourth-order valence-corrected chi connectivity index (χ4v) is 7.76. The molecular formula is C32H60N8. The predicted molar refractivity (Wildman–Crippen MR) is 170 cm³/mol. The second-order valence-electron chi connectivity index (χ2n) is 15.6. The lowest BCUT2D eigenvalue weighted by atomic mass is 9.77. The number of unbranched alkanes of at least 4 members (excludes halogenated alkanes) is 1. The summed E-state index contributed by atoms with van der Waals surface area (Å²) in [6.07, 6.45) is 9.09. The Kier molecular flexibility index (Phi) is 8.75. The summed E-state index contributed by atoms with van der Waals surface area (Å²) in [5, 5.41) is 0. The molecule has 0 N–H and O–H groups in total. The molecule has 0 aliphatic carbocycles. The lowest BCUT2D eigenvalue weighted by Crippen LogP contribution is -2.63. The van der Waals surface area contributed by atoms with Gasteiger partial charge >= 0.3 is 0 Å². The summed E-state index contributed by atoms with van der Waals surface area (Å²) < 4.78 is 0. The van der Waals surface area contributed by atoms with E-state index < -0.39 is 0 Å². The molecule has 0 atom stereocenters. The lowest BCUT2D eigenvalue weighted by molar-refractivity contribution is -0.0129. The molecule has 1 aromatic heterocycles. The average Bonchev–Trinajstić information content (AvgIpc) is 3.40. The van der Waals surface area contributed by atoms with Crippen LogP contribution in [0.1, 0.15) is 114 Å². The van der Waals surface area contributed by atoms with Crippen molar-refractivity contribution in [3.8, 4) is 0 Å². The minimum Gasteiger partial charge on any atom is -0.341 e. The van der Waals surface area contributed by atoms with Crippen molar-refractivity contribution in [3.05, 3.63) is 0 Å². The highest BCUT2D eigenvalue weighted by Gasteiger charge is 2.46. The van der Waals surface area contributed by atoms with E-state index in [1.54, 1.807) is 0 Å². The fourth-order valence-electron chi connectivity index (χ4n) is 7.76. The van der Waals surface area contributed by atoms with Crippen LogP contribution in [0.15, 0.2) is 0 Å². The van der Waals surface area contributed by atoms with Crippen molar-refractivity contribution in [2.75, 3.05) is 55.5 Å². The van der Waals surface area contributed by atoms with Gasteiger partial charge in [0.1, 0.15) is 0 Å². The normalized spacial score (nSPS) is 25.4. The number of hydrogen-bond donors (Lipinski definition) is 0. The highest BCUT2D eigenvalue weighted by atomic mass is 15.4. The van der Waals surface area contributed by atoms with E-state index in [0.29, 0.717) is 12.1 Å². The Hall–Kier alpha value is -1.67. The first-order chi connectivity index (χ1) is 18.5. The van der Waals surface area contributed by atoms with E-state index in [-0.39, 0.29) is 22.2 Å². The van der Waals surface area contributed by atoms with Gasteiger partial charge in [-0.2, -0.15) is 15.0 Å². The summed E-state index contributed by atoms with van der Waals surface area (Å²) in [6, 6.07) is 0.758. The molecule has 8 nitrogen and oxygen atoms in total. The van der Waals surface area contributed by atoms with Crippen LogP contribution in [0, 0.1) is 0 Å². The van der Waals surface area contributed by atoms with Crippen LogP contribution < -0.4 is 14.7 Å². The van der Waals surface area contributed by atoms with E-state index in [1.165, 1.54) is 12.8 Å². The zero-order valence-electron chi connectivity index (χ0n) is 28.0. The predicted octanol–water partition coefficient (Wildman–Crippen LogP) is 5.82. The van der Waals surface area contributed by atoms with Crippen LogP contribution in [0.3, 0.4) is 0 Å². The molecule has 0 radical (unpaired) electrons. The Morgan fingerprint density at radius 3 is 1.62 bits per heavy atom. The fraction of sp³-hybridized carbons (Fsp3) is 0.906. The zero-order valence-corrected chi connectivity index (χ0v) is 28.0. The molecule has 0 aromatic carbocycles. The summed E-state index contributed by atoms with van der Waals surface area (Å²) in [7, 11) is 6.78. The Morgan fingerprint density at radius 2 is 1.15 bits per heavy atom. The van der Waals surface area contributed by atoms with Crippen molar-refractivity contribution in [2.45, 2.75) is 148 Å². The lowest BCUT2D eigenvalue weighted by Gasteiger charge is -2.55. The van der Waals surface area contributed by atoms with E-state index in [9.17, 15) is 0 Å². The summed E-state index contributed by atoms with van der Waals surface area (Å²) in [6.45, 7) is 24.4. The molecule has 0 unspecified atom stereocenters. The third kappa shape index (κ3) is 6.23. The number of rotatable bonds is 8. The highest BCUT2D eigenvalue weighted by Crippen LogP contribution is 2.42. The second-order valence-corrected chi connectivity index (χ2v) is 15.6. The zero-order chi connectivity index (χ0) is 29.7. The number of likely N-dealkylation sites (tertiary alicyclic amines) is 2. The molecule has 8 heteroatoms. The van der Waals surface area contributed by atoms with Gasteiger partial charge in [0, 0.05) is 60.9 Å². The summed E-state index contributed by atoms with van der Waals surface area (Å²) in [5.41, 5.74) is 0.415. The quantitative estimate of drug-likeness (QED) is 0.397. The molecular weight excluding hydrogens is 496 g/mol.